The number of fused-ring (bicyclic) bond motifs is 1. The van der Waals surface area contributed by atoms with Gasteiger partial charge in [0.1, 0.15) is 10.0 Å². The summed E-state index contributed by atoms with van der Waals surface area (Å²) in [5.41, 5.74) is 1.12. The molecule has 5 heteroatoms. The lowest BCUT2D eigenvalue weighted by Crippen LogP contribution is -2.21. The van der Waals surface area contributed by atoms with Crippen LogP contribution in [0.5, 0.6) is 0 Å². The van der Waals surface area contributed by atoms with E-state index in [4.69, 9.17) is 0 Å². The lowest BCUT2D eigenvalue weighted by atomic mass is 10.1. The molecule has 3 nitrogen and oxygen atoms in total. The number of hydrogen-bond acceptors (Lipinski definition) is 4. The van der Waals surface area contributed by atoms with Crippen LogP contribution in [-0.4, -0.2) is 16.2 Å². The zero-order chi connectivity index (χ0) is 14.8. The van der Waals surface area contributed by atoms with Crippen molar-refractivity contribution in [2.75, 3.05) is 0 Å². The molecule has 0 radical (unpaired) electrons. The van der Waals surface area contributed by atoms with E-state index in [2.05, 4.69) is 81.7 Å². The van der Waals surface area contributed by atoms with Crippen LogP contribution in [0.25, 0.3) is 21.3 Å². The van der Waals surface area contributed by atoms with E-state index in [0.29, 0.717) is 6.04 Å². The number of hydrogen-bond donors (Lipinski definition) is 1. The minimum absolute atomic E-state index is 0.455. The Bertz CT molecular complexity index is 767. The minimum atomic E-state index is 0.455. The Morgan fingerprint density at radius 2 is 1.86 bits per heavy atom. The van der Waals surface area contributed by atoms with Crippen LogP contribution in [0.4, 0.5) is 0 Å². The second-order valence-electron chi connectivity index (χ2n) is 5.24. The zero-order valence-electron chi connectivity index (χ0n) is 11.9. The Labute approximate surface area is 136 Å². The first-order valence-electron chi connectivity index (χ1n) is 6.87. The molecule has 108 valence electrons. The molecule has 21 heavy (non-hydrogen) atoms. The Morgan fingerprint density at radius 3 is 2.67 bits per heavy atom. The fourth-order valence-corrected chi connectivity index (χ4v) is 3.25. The molecular formula is C16H16BrN3S. The van der Waals surface area contributed by atoms with E-state index in [1.54, 1.807) is 11.3 Å². The molecule has 2 aromatic carbocycles. The summed E-state index contributed by atoms with van der Waals surface area (Å²) in [6, 6.07) is 13.2. The van der Waals surface area contributed by atoms with E-state index in [9.17, 15) is 0 Å². The molecule has 0 amide bonds. The van der Waals surface area contributed by atoms with E-state index < -0.39 is 0 Å². The van der Waals surface area contributed by atoms with Gasteiger partial charge >= 0.3 is 0 Å². The third kappa shape index (κ3) is 3.48. The van der Waals surface area contributed by atoms with Crippen LogP contribution in [0, 0.1) is 0 Å². The van der Waals surface area contributed by atoms with Crippen molar-refractivity contribution in [2.24, 2.45) is 0 Å². The molecule has 0 saturated carbocycles. The van der Waals surface area contributed by atoms with Gasteiger partial charge < -0.3 is 5.32 Å². The van der Waals surface area contributed by atoms with Gasteiger partial charge in [0.15, 0.2) is 0 Å². The molecule has 0 saturated heterocycles. The van der Waals surface area contributed by atoms with Crippen LogP contribution in [0.15, 0.2) is 40.9 Å². The van der Waals surface area contributed by atoms with Crippen LogP contribution < -0.4 is 5.32 Å². The molecular weight excluding hydrogens is 346 g/mol. The van der Waals surface area contributed by atoms with Crippen LogP contribution in [0.3, 0.4) is 0 Å². The second-order valence-corrected chi connectivity index (χ2v) is 7.22. The normalized spacial score (nSPS) is 11.4. The highest BCUT2D eigenvalue weighted by molar-refractivity contribution is 9.10. The lowest BCUT2D eigenvalue weighted by molar-refractivity contribution is 0.585. The van der Waals surface area contributed by atoms with Gasteiger partial charge in [0.25, 0.3) is 0 Å². The van der Waals surface area contributed by atoms with Crippen molar-refractivity contribution < 1.29 is 0 Å². The quantitative estimate of drug-likeness (QED) is 0.736. The molecule has 3 aromatic rings. The van der Waals surface area contributed by atoms with Crippen LogP contribution in [-0.2, 0) is 6.54 Å². The molecule has 0 fully saturated rings. The predicted octanol–water partition coefficient (Wildman–Crippen LogP) is 4.62. The summed E-state index contributed by atoms with van der Waals surface area (Å²) in [5.74, 6) is 0. The molecule has 0 unspecified atom stereocenters. The number of nitrogens with zero attached hydrogens (tertiary/aromatic N) is 2. The molecule has 0 atom stereocenters. The van der Waals surface area contributed by atoms with Gasteiger partial charge in [0.05, 0.1) is 0 Å². The SMILES string of the molecule is CC(C)NCc1nnc(-c2ccc3cc(Br)ccc3c2)s1. The summed E-state index contributed by atoms with van der Waals surface area (Å²) in [4.78, 5) is 0. The standard InChI is InChI=1S/C16H16BrN3S/c1-10(2)18-9-15-19-20-16(21-15)13-4-3-12-8-14(17)6-5-11(12)7-13/h3-8,10,18H,9H2,1-2H3. The molecule has 0 aliphatic heterocycles. The van der Waals surface area contributed by atoms with E-state index in [0.717, 1.165) is 26.6 Å². The van der Waals surface area contributed by atoms with Crippen molar-refractivity contribution in [2.45, 2.75) is 26.4 Å². The molecule has 0 aliphatic rings. The van der Waals surface area contributed by atoms with Gasteiger partial charge in [0, 0.05) is 22.6 Å². The maximum Gasteiger partial charge on any atom is 0.147 e. The highest BCUT2D eigenvalue weighted by atomic mass is 79.9. The van der Waals surface area contributed by atoms with Crippen molar-refractivity contribution in [1.29, 1.82) is 0 Å². The summed E-state index contributed by atoms with van der Waals surface area (Å²) in [6.07, 6.45) is 0. The van der Waals surface area contributed by atoms with Gasteiger partial charge in [-0.3, -0.25) is 0 Å². The summed E-state index contributed by atoms with van der Waals surface area (Å²) >= 11 is 5.15. The van der Waals surface area contributed by atoms with Gasteiger partial charge in [-0.1, -0.05) is 59.3 Å². The van der Waals surface area contributed by atoms with E-state index in [-0.39, 0.29) is 0 Å². The van der Waals surface area contributed by atoms with E-state index >= 15 is 0 Å². The topological polar surface area (TPSA) is 37.8 Å². The molecule has 0 aliphatic carbocycles. The number of rotatable bonds is 4. The lowest BCUT2D eigenvalue weighted by Gasteiger charge is -2.03. The smallest absolute Gasteiger partial charge is 0.147 e. The third-order valence-corrected chi connectivity index (χ3v) is 4.64. The van der Waals surface area contributed by atoms with Crippen molar-refractivity contribution >= 4 is 38.0 Å². The van der Waals surface area contributed by atoms with Gasteiger partial charge in [-0.25, -0.2) is 0 Å². The molecule has 1 N–H and O–H groups in total. The first-order chi connectivity index (χ1) is 10.1. The van der Waals surface area contributed by atoms with Crippen LogP contribution in [0.1, 0.15) is 18.9 Å². The minimum Gasteiger partial charge on any atom is -0.308 e. The van der Waals surface area contributed by atoms with Gasteiger partial charge in [-0.15, -0.1) is 10.2 Å². The van der Waals surface area contributed by atoms with Crippen molar-refractivity contribution in [3.63, 3.8) is 0 Å². The first kappa shape index (κ1) is 14.6. The highest BCUT2D eigenvalue weighted by Gasteiger charge is 2.08. The summed E-state index contributed by atoms with van der Waals surface area (Å²) in [6.45, 7) is 5.03. The molecule has 0 spiro atoms. The average Bonchev–Trinajstić information content (AvgIpc) is 2.93. The number of aromatic nitrogens is 2. The van der Waals surface area contributed by atoms with Gasteiger partial charge in [-0.05, 0) is 29.0 Å². The first-order valence-corrected chi connectivity index (χ1v) is 8.48. The summed E-state index contributed by atoms with van der Waals surface area (Å²) in [5, 5.41) is 16.4. The van der Waals surface area contributed by atoms with Crippen molar-refractivity contribution in [1.82, 2.24) is 15.5 Å². The predicted molar refractivity (Wildman–Crippen MR) is 92.5 cm³/mol. The monoisotopic (exact) mass is 361 g/mol. The molecule has 3 rings (SSSR count). The molecule has 0 bridgehead atoms. The fraction of sp³-hybridized carbons (Fsp3) is 0.250. The molecule has 1 heterocycles. The summed E-state index contributed by atoms with van der Waals surface area (Å²) in [7, 11) is 0. The number of halogens is 1. The zero-order valence-corrected chi connectivity index (χ0v) is 14.3. The van der Waals surface area contributed by atoms with Gasteiger partial charge in [-0.2, -0.15) is 0 Å². The van der Waals surface area contributed by atoms with E-state index in [1.807, 2.05) is 0 Å². The second kappa shape index (κ2) is 6.22. The Kier molecular flexibility index (Phi) is 4.33. The maximum absolute atomic E-state index is 4.31. The van der Waals surface area contributed by atoms with Crippen LogP contribution >= 0.6 is 27.3 Å². The fourth-order valence-electron chi connectivity index (χ4n) is 2.08. The third-order valence-electron chi connectivity index (χ3n) is 3.18. The number of benzene rings is 2. The Balaban J connectivity index is 1.88. The largest absolute Gasteiger partial charge is 0.308 e. The number of nitrogens with one attached hydrogen (secondary N) is 1. The highest BCUT2D eigenvalue weighted by Crippen LogP contribution is 2.28. The summed E-state index contributed by atoms with van der Waals surface area (Å²) < 4.78 is 1.10. The molecule has 1 aromatic heterocycles. The van der Waals surface area contributed by atoms with E-state index in [1.165, 1.54) is 10.8 Å². The van der Waals surface area contributed by atoms with Gasteiger partial charge in [0.2, 0.25) is 0 Å². The Morgan fingerprint density at radius 1 is 1.10 bits per heavy atom. The Hall–Kier alpha value is -1.30. The average molecular weight is 362 g/mol. The van der Waals surface area contributed by atoms with Crippen molar-refractivity contribution in [3.8, 4) is 10.6 Å². The maximum atomic E-state index is 4.31. The van der Waals surface area contributed by atoms with Crippen LogP contribution in [0.2, 0.25) is 0 Å². The van der Waals surface area contributed by atoms with Crippen molar-refractivity contribution in [3.05, 3.63) is 45.9 Å².